The maximum atomic E-state index is 12.8. The number of hydrogen-bond donors (Lipinski definition) is 2. The lowest BCUT2D eigenvalue weighted by Crippen LogP contribution is -2.23. The first-order valence-corrected chi connectivity index (χ1v) is 8.40. The molecule has 0 fully saturated rings. The zero-order valence-electron chi connectivity index (χ0n) is 15.7. The van der Waals surface area contributed by atoms with E-state index in [0.717, 1.165) is 5.56 Å². The van der Waals surface area contributed by atoms with E-state index in [9.17, 15) is 19.7 Å². The lowest BCUT2D eigenvalue weighted by molar-refractivity contribution is -0.384. The first kappa shape index (κ1) is 19.9. The van der Waals surface area contributed by atoms with Crippen LogP contribution in [0.5, 0.6) is 0 Å². The van der Waals surface area contributed by atoms with E-state index in [1.165, 1.54) is 18.2 Å². The Labute approximate surface area is 157 Å². The average Bonchev–Trinajstić information content (AvgIpc) is 2.62. The molecular weight excluding hydrogens is 348 g/mol. The van der Waals surface area contributed by atoms with Crippen LogP contribution < -0.4 is 15.5 Å². The number of nitro benzene ring substituents is 1. The Kier molecular flexibility index (Phi) is 6.12. The minimum Gasteiger partial charge on any atom is -0.377 e. The normalized spacial score (nSPS) is 10.2. The maximum Gasteiger partial charge on any atom is 0.270 e. The molecule has 0 spiro atoms. The number of nitro groups is 1. The van der Waals surface area contributed by atoms with Crippen molar-refractivity contribution < 1.29 is 14.5 Å². The minimum absolute atomic E-state index is 0.168. The summed E-state index contributed by atoms with van der Waals surface area (Å²) in [6.45, 7) is 4.12. The number of anilines is 2. The van der Waals surface area contributed by atoms with Gasteiger partial charge in [0.05, 0.1) is 10.5 Å². The van der Waals surface area contributed by atoms with Gasteiger partial charge in [0, 0.05) is 49.7 Å². The maximum absolute atomic E-state index is 12.8. The number of non-ortho nitro benzene ring substituents is 1. The van der Waals surface area contributed by atoms with Crippen molar-refractivity contribution in [3.8, 4) is 0 Å². The molecule has 27 heavy (non-hydrogen) atoms. The molecule has 0 heterocycles. The van der Waals surface area contributed by atoms with Crippen molar-refractivity contribution in [1.29, 1.82) is 0 Å². The van der Waals surface area contributed by atoms with Crippen molar-refractivity contribution in [3.63, 3.8) is 0 Å². The average molecular weight is 370 g/mol. The molecule has 0 saturated carbocycles. The summed E-state index contributed by atoms with van der Waals surface area (Å²) in [7, 11) is 3.50. The van der Waals surface area contributed by atoms with Gasteiger partial charge in [-0.15, -0.1) is 0 Å². The van der Waals surface area contributed by atoms with E-state index in [2.05, 4.69) is 10.6 Å². The second kappa shape index (κ2) is 8.31. The van der Waals surface area contributed by atoms with Crippen molar-refractivity contribution in [3.05, 3.63) is 63.2 Å². The van der Waals surface area contributed by atoms with Gasteiger partial charge in [0.2, 0.25) is 0 Å². The van der Waals surface area contributed by atoms with E-state index in [4.69, 9.17) is 0 Å². The summed E-state index contributed by atoms with van der Waals surface area (Å²) in [5.41, 5.74) is 2.23. The standard InChI is InChI=1S/C19H22N4O4/c1-5-20-18(24)13-7-6-12(2)16(10-13)21-19(25)15-11-14(23(26)27)8-9-17(15)22(3)4/h6-11H,5H2,1-4H3,(H,20,24)(H,21,25). The molecule has 0 aliphatic rings. The quantitative estimate of drug-likeness (QED) is 0.601. The fourth-order valence-electron chi connectivity index (χ4n) is 2.56. The molecule has 2 N–H and O–H groups in total. The summed E-state index contributed by atoms with van der Waals surface area (Å²) in [6, 6.07) is 9.13. The van der Waals surface area contributed by atoms with Gasteiger partial charge in [-0.05, 0) is 37.6 Å². The fraction of sp³-hybridized carbons (Fsp3) is 0.263. The van der Waals surface area contributed by atoms with E-state index in [1.807, 2.05) is 6.92 Å². The highest BCUT2D eigenvalue weighted by Crippen LogP contribution is 2.26. The van der Waals surface area contributed by atoms with E-state index in [1.54, 1.807) is 44.1 Å². The van der Waals surface area contributed by atoms with Crippen LogP contribution in [0.3, 0.4) is 0 Å². The van der Waals surface area contributed by atoms with Crippen LogP contribution in [0.4, 0.5) is 17.1 Å². The first-order valence-electron chi connectivity index (χ1n) is 8.40. The highest BCUT2D eigenvalue weighted by atomic mass is 16.6. The van der Waals surface area contributed by atoms with Crippen LogP contribution in [0.15, 0.2) is 36.4 Å². The van der Waals surface area contributed by atoms with Crippen LogP contribution >= 0.6 is 0 Å². The Hall–Kier alpha value is -3.42. The largest absolute Gasteiger partial charge is 0.377 e. The van der Waals surface area contributed by atoms with Crippen LogP contribution in [-0.4, -0.2) is 37.4 Å². The Morgan fingerprint density at radius 2 is 1.81 bits per heavy atom. The van der Waals surface area contributed by atoms with E-state index >= 15 is 0 Å². The van der Waals surface area contributed by atoms with Crippen LogP contribution in [0.2, 0.25) is 0 Å². The van der Waals surface area contributed by atoms with Crippen LogP contribution in [0, 0.1) is 17.0 Å². The molecular formula is C19H22N4O4. The summed E-state index contributed by atoms with van der Waals surface area (Å²) in [6.07, 6.45) is 0. The summed E-state index contributed by atoms with van der Waals surface area (Å²) in [4.78, 5) is 37.1. The zero-order chi connectivity index (χ0) is 20.1. The molecule has 0 aliphatic carbocycles. The highest BCUT2D eigenvalue weighted by molar-refractivity contribution is 6.09. The summed E-state index contributed by atoms with van der Waals surface area (Å²) in [5, 5.41) is 16.5. The molecule has 0 unspecified atom stereocenters. The molecule has 0 aliphatic heterocycles. The number of nitrogens with one attached hydrogen (secondary N) is 2. The number of nitrogens with zero attached hydrogens (tertiary/aromatic N) is 2. The molecule has 142 valence electrons. The first-order chi connectivity index (χ1) is 12.7. The monoisotopic (exact) mass is 370 g/mol. The molecule has 2 rings (SSSR count). The van der Waals surface area contributed by atoms with E-state index in [-0.39, 0.29) is 17.2 Å². The third-order valence-electron chi connectivity index (χ3n) is 4.00. The van der Waals surface area contributed by atoms with Crippen molar-refractivity contribution in [2.24, 2.45) is 0 Å². The lowest BCUT2D eigenvalue weighted by Gasteiger charge is -2.17. The molecule has 0 saturated heterocycles. The number of benzene rings is 2. The Bertz CT molecular complexity index is 893. The molecule has 2 amide bonds. The molecule has 0 aromatic heterocycles. The minimum atomic E-state index is -0.544. The Morgan fingerprint density at radius 1 is 1.11 bits per heavy atom. The van der Waals surface area contributed by atoms with Gasteiger partial charge in [0.15, 0.2) is 0 Å². The van der Waals surface area contributed by atoms with Gasteiger partial charge in [-0.2, -0.15) is 0 Å². The van der Waals surface area contributed by atoms with Gasteiger partial charge < -0.3 is 15.5 Å². The Morgan fingerprint density at radius 3 is 2.41 bits per heavy atom. The molecule has 2 aromatic rings. The molecule has 8 nitrogen and oxygen atoms in total. The molecule has 0 atom stereocenters. The predicted molar refractivity (Wildman–Crippen MR) is 105 cm³/mol. The topological polar surface area (TPSA) is 105 Å². The van der Waals surface area contributed by atoms with Crippen molar-refractivity contribution in [2.75, 3.05) is 30.9 Å². The smallest absolute Gasteiger partial charge is 0.270 e. The van der Waals surface area contributed by atoms with Crippen molar-refractivity contribution in [1.82, 2.24) is 5.32 Å². The van der Waals surface area contributed by atoms with Crippen LogP contribution in [0.25, 0.3) is 0 Å². The number of amides is 2. The van der Waals surface area contributed by atoms with E-state index in [0.29, 0.717) is 23.5 Å². The SMILES string of the molecule is CCNC(=O)c1ccc(C)c(NC(=O)c2cc([N+](=O)[O-])ccc2N(C)C)c1. The summed E-state index contributed by atoms with van der Waals surface area (Å²) < 4.78 is 0. The Balaban J connectivity index is 2.39. The molecule has 0 radical (unpaired) electrons. The molecule has 8 heteroatoms. The van der Waals surface area contributed by atoms with Gasteiger partial charge in [0.1, 0.15) is 0 Å². The third-order valence-corrected chi connectivity index (χ3v) is 4.00. The highest BCUT2D eigenvalue weighted by Gasteiger charge is 2.19. The molecule has 2 aromatic carbocycles. The van der Waals surface area contributed by atoms with Crippen LogP contribution in [-0.2, 0) is 0 Å². The second-order valence-corrected chi connectivity index (χ2v) is 6.20. The predicted octanol–water partition coefficient (Wildman–Crippen LogP) is 2.97. The number of aryl methyl sites for hydroxylation is 1. The summed E-state index contributed by atoms with van der Waals surface area (Å²) >= 11 is 0. The zero-order valence-corrected chi connectivity index (χ0v) is 15.7. The van der Waals surface area contributed by atoms with Gasteiger partial charge >= 0.3 is 0 Å². The van der Waals surface area contributed by atoms with E-state index < -0.39 is 10.8 Å². The number of carbonyl (C=O) groups is 2. The second-order valence-electron chi connectivity index (χ2n) is 6.20. The van der Waals surface area contributed by atoms with Crippen molar-refractivity contribution in [2.45, 2.75) is 13.8 Å². The lowest BCUT2D eigenvalue weighted by atomic mass is 10.1. The fourth-order valence-corrected chi connectivity index (χ4v) is 2.56. The van der Waals surface area contributed by atoms with Gasteiger partial charge in [-0.25, -0.2) is 0 Å². The number of rotatable bonds is 6. The van der Waals surface area contributed by atoms with Crippen molar-refractivity contribution >= 4 is 28.9 Å². The number of carbonyl (C=O) groups excluding carboxylic acids is 2. The van der Waals surface area contributed by atoms with Gasteiger partial charge in [-0.1, -0.05) is 6.07 Å². The molecule has 0 bridgehead atoms. The van der Waals surface area contributed by atoms with Gasteiger partial charge in [0.25, 0.3) is 17.5 Å². The van der Waals surface area contributed by atoms with Crippen LogP contribution in [0.1, 0.15) is 33.2 Å². The number of hydrogen-bond acceptors (Lipinski definition) is 5. The summed E-state index contributed by atoms with van der Waals surface area (Å²) in [5.74, 6) is -0.726. The third kappa shape index (κ3) is 4.60. The van der Waals surface area contributed by atoms with Gasteiger partial charge in [-0.3, -0.25) is 19.7 Å².